The third-order valence-corrected chi connectivity index (χ3v) is 8.55. The van der Waals surface area contributed by atoms with Crippen molar-refractivity contribution in [1.29, 1.82) is 0 Å². The van der Waals surface area contributed by atoms with Crippen LogP contribution in [0.25, 0.3) is 0 Å². The average molecular weight is 524 g/mol. The fraction of sp³-hybridized carbons (Fsp3) is 0.750. The molecule has 0 unspecified atom stereocenters. The van der Waals surface area contributed by atoms with E-state index in [0.717, 1.165) is 45.2 Å². The summed E-state index contributed by atoms with van der Waals surface area (Å²) in [4.78, 5) is 37.0. The number of anilines is 2. The maximum atomic E-state index is 15.5. The minimum atomic E-state index is -0.624. The van der Waals surface area contributed by atoms with Crippen molar-refractivity contribution in [1.82, 2.24) is 25.4 Å². The first-order chi connectivity index (χ1) is 17.4. The lowest BCUT2D eigenvalue weighted by molar-refractivity contribution is -0.154. The Labute approximate surface area is 216 Å². The number of nitrogens with zero attached hydrogens (tertiary/aromatic N) is 5. The number of hydrogen-bond acceptors (Lipinski definition) is 9. The molecule has 200 valence electrons. The van der Waals surface area contributed by atoms with Crippen LogP contribution in [0.2, 0.25) is 0 Å². The molecule has 2 saturated heterocycles. The van der Waals surface area contributed by atoms with Crippen LogP contribution in [0.5, 0.6) is 0 Å². The normalized spacial score (nSPS) is 20.7. The Morgan fingerprint density at radius 3 is 2.58 bits per heavy atom. The Morgan fingerprint density at radius 1 is 1.28 bits per heavy atom. The van der Waals surface area contributed by atoms with E-state index in [9.17, 15) is 14.8 Å². The number of aromatic nitrogens is 2. The van der Waals surface area contributed by atoms with Crippen molar-refractivity contribution in [3.8, 4) is 0 Å². The molecule has 2 amide bonds. The summed E-state index contributed by atoms with van der Waals surface area (Å²) in [5.74, 6) is -1.14. The van der Waals surface area contributed by atoms with E-state index in [1.807, 2.05) is 11.2 Å². The number of carbonyl (C=O) groups excluding carboxylic acids is 2. The van der Waals surface area contributed by atoms with Gasteiger partial charge >= 0.3 is 0 Å². The minimum Gasteiger partial charge on any atom is -0.350 e. The van der Waals surface area contributed by atoms with Gasteiger partial charge in [-0.3, -0.25) is 30.5 Å². The Bertz CT molecular complexity index is 921. The lowest BCUT2D eigenvalue weighted by atomic mass is 9.85. The quantitative estimate of drug-likeness (QED) is 0.125. The Balaban J connectivity index is 1.44. The first kappa shape index (κ1) is 26.9. The van der Waals surface area contributed by atoms with Gasteiger partial charge in [0.05, 0.1) is 18.0 Å². The van der Waals surface area contributed by atoms with Gasteiger partial charge in [-0.05, 0) is 50.9 Å². The van der Waals surface area contributed by atoms with Crippen molar-refractivity contribution >= 4 is 35.7 Å². The number of hydrazine groups is 1. The fourth-order valence-electron chi connectivity index (χ4n) is 5.86. The fourth-order valence-corrected chi connectivity index (χ4v) is 6.22. The van der Waals surface area contributed by atoms with Gasteiger partial charge < -0.3 is 4.90 Å². The monoisotopic (exact) mass is 523 g/mol. The van der Waals surface area contributed by atoms with E-state index in [-0.39, 0.29) is 30.1 Å². The highest BCUT2D eigenvalue weighted by Crippen LogP contribution is 2.38. The molecule has 36 heavy (non-hydrogen) atoms. The topological polar surface area (TPSA) is 114 Å². The second kappa shape index (κ2) is 11.9. The Kier molecular flexibility index (Phi) is 8.89. The number of halogens is 1. The molecular formula is C24H38FN7O3S. The predicted octanol–water partition coefficient (Wildman–Crippen LogP) is 2.89. The third-order valence-electron chi connectivity index (χ3n) is 8.00. The molecule has 3 fully saturated rings. The van der Waals surface area contributed by atoms with Gasteiger partial charge in [0.25, 0.3) is 0 Å². The number of hydroxylamine groups is 2. The maximum absolute atomic E-state index is 15.5. The van der Waals surface area contributed by atoms with Crippen LogP contribution in [0.3, 0.4) is 0 Å². The smallest absolute Gasteiger partial charge is 0.243 e. The lowest BCUT2D eigenvalue weighted by Crippen LogP contribution is -2.70. The van der Waals surface area contributed by atoms with E-state index < -0.39 is 17.6 Å². The zero-order valence-electron chi connectivity index (χ0n) is 21.2. The lowest BCUT2D eigenvalue weighted by Gasteiger charge is -2.55. The average Bonchev–Trinajstić information content (AvgIpc) is 3.58. The van der Waals surface area contributed by atoms with Crippen LogP contribution in [0.15, 0.2) is 5.16 Å². The van der Waals surface area contributed by atoms with Gasteiger partial charge in [-0.15, -0.1) is 0 Å². The van der Waals surface area contributed by atoms with E-state index in [0.29, 0.717) is 35.6 Å². The zero-order valence-corrected chi connectivity index (χ0v) is 22.0. The van der Waals surface area contributed by atoms with Crippen molar-refractivity contribution in [3.63, 3.8) is 0 Å². The molecule has 3 aliphatic rings. The molecule has 1 aromatic heterocycles. The van der Waals surface area contributed by atoms with E-state index in [2.05, 4.69) is 32.6 Å². The van der Waals surface area contributed by atoms with Crippen LogP contribution in [-0.2, 0) is 9.59 Å². The summed E-state index contributed by atoms with van der Waals surface area (Å²) in [5.41, 5.74) is 5.27. The van der Waals surface area contributed by atoms with Gasteiger partial charge in [0.1, 0.15) is 0 Å². The van der Waals surface area contributed by atoms with E-state index in [4.69, 9.17) is 0 Å². The number of carbonyl (C=O) groups is 2. The number of thioether (sulfide) groups is 1. The highest BCUT2D eigenvalue weighted by atomic mass is 32.2. The highest BCUT2D eigenvalue weighted by molar-refractivity contribution is 7.98. The van der Waals surface area contributed by atoms with Crippen LogP contribution < -0.4 is 15.8 Å². The van der Waals surface area contributed by atoms with Crippen LogP contribution in [0.1, 0.15) is 58.3 Å². The first-order valence-electron chi connectivity index (χ1n) is 13.0. The van der Waals surface area contributed by atoms with Gasteiger partial charge in [0.15, 0.2) is 16.8 Å². The van der Waals surface area contributed by atoms with Gasteiger partial charge in [0.2, 0.25) is 18.1 Å². The number of nitrogens with one attached hydrogen (secondary N) is 2. The SMILES string of the molecule is CCC1(N2CCCC2)CN(c2nc(SC)nc(NNC(=O)[C@H](CC3CCCC3)CN(O)C=O)c2F)C1. The maximum Gasteiger partial charge on any atom is 0.243 e. The summed E-state index contributed by atoms with van der Waals surface area (Å²) in [6, 6.07) is 0. The van der Waals surface area contributed by atoms with E-state index in [1.165, 1.54) is 24.6 Å². The molecule has 1 aliphatic carbocycles. The molecule has 3 N–H and O–H groups in total. The molecule has 1 atom stereocenters. The molecule has 0 bridgehead atoms. The molecule has 0 radical (unpaired) electrons. The first-order valence-corrected chi connectivity index (χ1v) is 14.2. The highest BCUT2D eigenvalue weighted by Gasteiger charge is 2.48. The van der Waals surface area contributed by atoms with Crippen LogP contribution in [0.4, 0.5) is 16.0 Å². The molecule has 0 aromatic carbocycles. The van der Waals surface area contributed by atoms with E-state index >= 15 is 4.39 Å². The van der Waals surface area contributed by atoms with Crippen molar-refractivity contribution in [2.24, 2.45) is 11.8 Å². The predicted molar refractivity (Wildman–Crippen MR) is 136 cm³/mol. The largest absolute Gasteiger partial charge is 0.350 e. The number of rotatable bonds is 12. The van der Waals surface area contributed by atoms with Crippen molar-refractivity contribution in [3.05, 3.63) is 5.82 Å². The third kappa shape index (κ3) is 5.86. The van der Waals surface area contributed by atoms with Gasteiger partial charge in [-0.25, -0.2) is 15.0 Å². The van der Waals surface area contributed by atoms with Crippen molar-refractivity contribution in [2.45, 2.75) is 69.0 Å². The molecular weight excluding hydrogens is 485 g/mol. The summed E-state index contributed by atoms with van der Waals surface area (Å²) in [6.07, 6.45) is 10.4. The molecule has 12 heteroatoms. The van der Waals surface area contributed by atoms with Crippen molar-refractivity contribution < 1.29 is 19.2 Å². The molecule has 10 nitrogen and oxygen atoms in total. The molecule has 1 saturated carbocycles. The van der Waals surface area contributed by atoms with Crippen molar-refractivity contribution in [2.75, 3.05) is 49.3 Å². The second-order valence-corrected chi connectivity index (χ2v) is 11.0. The standard InChI is InChI=1S/C24H38FN7O3S/c1-3-24(31-10-6-7-11-31)14-30(15-24)21-19(25)20(26-23(27-21)36-2)28-29-22(34)18(13-32(35)16-33)12-17-8-4-5-9-17/h16-18,35H,3-15H2,1-2H3,(H,29,34)(H,26,27,28)/t18-/m1/s1. The van der Waals surface area contributed by atoms with Crippen LogP contribution in [0, 0.1) is 17.7 Å². The van der Waals surface area contributed by atoms with Crippen LogP contribution in [-0.4, -0.2) is 82.0 Å². The molecule has 0 spiro atoms. The summed E-state index contributed by atoms with van der Waals surface area (Å²) < 4.78 is 15.5. The summed E-state index contributed by atoms with van der Waals surface area (Å²) in [6.45, 7) is 5.64. The zero-order chi connectivity index (χ0) is 25.7. The van der Waals surface area contributed by atoms with Gasteiger partial charge in [-0.1, -0.05) is 44.4 Å². The summed E-state index contributed by atoms with van der Waals surface area (Å²) in [7, 11) is 0. The molecule has 3 heterocycles. The summed E-state index contributed by atoms with van der Waals surface area (Å²) in [5, 5.41) is 10.6. The summed E-state index contributed by atoms with van der Waals surface area (Å²) >= 11 is 1.30. The minimum absolute atomic E-state index is 0.0530. The Morgan fingerprint density at radius 2 is 1.97 bits per heavy atom. The Hall–Kier alpha value is -2.18. The number of likely N-dealkylation sites (tertiary alicyclic amines) is 1. The van der Waals surface area contributed by atoms with E-state index in [1.54, 1.807) is 0 Å². The van der Waals surface area contributed by atoms with Crippen LogP contribution >= 0.6 is 11.8 Å². The van der Waals surface area contributed by atoms with Gasteiger partial charge in [-0.2, -0.15) is 4.39 Å². The molecule has 2 aliphatic heterocycles. The second-order valence-electron chi connectivity index (χ2n) is 10.2. The number of amides is 2. The molecule has 4 rings (SSSR count). The number of hydrogen-bond donors (Lipinski definition) is 3. The molecule has 1 aromatic rings. The van der Waals surface area contributed by atoms with Gasteiger partial charge in [0, 0.05) is 13.1 Å².